The number of nitrogens with one attached hydrogen (secondary N) is 1. The monoisotopic (exact) mass is 392 g/mol. The van der Waals surface area contributed by atoms with Crippen molar-refractivity contribution in [1.29, 1.82) is 0 Å². The number of hydrogen-bond donors (Lipinski definition) is 2. The van der Waals surface area contributed by atoms with E-state index in [4.69, 9.17) is 9.26 Å². The van der Waals surface area contributed by atoms with E-state index in [0.29, 0.717) is 11.5 Å². The minimum absolute atomic E-state index is 0.0676. The first-order valence-electron chi connectivity index (χ1n) is 8.53. The third-order valence-corrected chi connectivity index (χ3v) is 5.17. The van der Waals surface area contributed by atoms with Gasteiger partial charge in [-0.25, -0.2) is 0 Å². The number of para-hydroxylation sites is 1. The van der Waals surface area contributed by atoms with Gasteiger partial charge in [-0.3, -0.25) is 9.59 Å². The molecule has 0 spiro atoms. The molecule has 1 atom stereocenters. The van der Waals surface area contributed by atoms with E-state index in [1.54, 1.807) is 13.2 Å². The summed E-state index contributed by atoms with van der Waals surface area (Å²) in [7, 11) is 1.55. The molecule has 0 saturated heterocycles. The first-order valence-corrected chi connectivity index (χ1v) is 9.68. The maximum absolute atomic E-state index is 12.1. The SMILES string of the molecule is COc1ccccc1CC(CNC(=O)CSCc1c(C)noc1C)C(=O)O. The normalized spacial score (nSPS) is 11.8. The number of rotatable bonds is 10. The molecule has 0 saturated carbocycles. The van der Waals surface area contributed by atoms with E-state index in [0.717, 1.165) is 22.6 Å². The number of aryl methyl sites for hydroxylation is 2. The van der Waals surface area contributed by atoms with Gasteiger partial charge in [0.2, 0.25) is 5.91 Å². The van der Waals surface area contributed by atoms with Gasteiger partial charge in [-0.05, 0) is 31.9 Å². The summed E-state index contributed by atoms with van der Waals surface area (Å²) in [6.07, 6.45) is 0.284. The Hall–Kier alpha value is -2.48. The number of carbonyl (C=O) groups is 2. The number of ether oxygens (including phenoxy) is 1. The molecule has 1 heterocycles. The molecule has 0 fully saturated rings. The average molecular weight is 392 g/mol. The van der Waals surface area contributed by atoms with Gasteiger partial charge in [0.1, 0.15) is 11.5 Å². The molecule has 2 aromatic rings. The summed E-state index contributed by atoms with van der Waals surface area (Å²) in [4.78, 5) is 23.6. The molecular formula is C19H24N2O5S. The number of benzene rings is 1. The Kier molecular flexibility index (Phi) is 7.72. The average Bonchev–Trinajstić information content (AvgIpc) is 2.97. The summed E-state index contributed by atoms with van der Waals surface area (Å²) >= 11 is 1.44. The smallest absolute Gasteiger partial charge is 0.308 e. The Balaban J connectivity index is 1.82. The van der Waals surface area contributed by atoms with E-state index in [2.05, 4.69) is 10.5 Å². The molecule has 2 rings (SSSR count). The summed E-state index contributed by atoms with van der Waals surface area (Å²) in [5.41, 5.74) is 2.62. The predicted molar refractivity (Wildman–Crippen MR) is 103 cm³/mol. The van der Waals surface area contributed by atoms with Crippen LogP contribution in [0.1, 0.15) is 22.6 Å². The van der Waals surface area contributed by atoms with Crippen LogP contribution < -0.4 is 10.1 Å². The van der Waals surface area contributed by atoms with Gasteiger partial charge in [0.05, 0.1) is 24.5 Å². The summed E-state index contributed by atoms with van der Waals surface area (Å²) in [6.45, 7) is 3.77. The number of carboxylic acids is 1. The maximum Gasteiger partial charge on any atom is 0.308 e. The van der Waals surface area contributed by atoms with Crippen molar-refractivity contribution in [1.82, 2.24) is 10.5 Å². The van der Waals surface area contributed by atoms with Crippen molar-refractivity contribution >= 4 is 23.6 Å². The number of carbonyl (C=O) groups excluding carboxylic acids is 1. The maximum atomic E-state index is 12.1. The van der Waals surface area contributed by atoms with Crippen LogP contribution in [0.15, 0.2) is 28.8 Å². The number of hydrogen-bond acceptors (Lipinski definition) is 6. The number of thioether (sulfide) groups is 1. The van der Waals surface area contributed by atoms with E-state index in [1.807, 2.05) is 32.0 Å². The first kappa shape index (κ1) is 20.8. The second-order valence-electron chi connectivity index (χ2n) is 6.15. The van der Waals surface area contributed by atoms with Gasteiger partial charge in [0.25, 0.3) is 0 Å². The lowest BCUT2D eigenvalue weighted by Crippen LogP contribution is -2.35. The highest BCUT2D eigenvalue weighted by molar-refractivity contribution is 7.99. The van der Waals surface area contributed by atoms with E-state index >= 15 is 0 Å². The molecule has 0 aliphatic rings. The van der Waals surface area contributed by atoms with E-state index in [1.165, 1.54) is 11.8 Å². The van der Waals surface area contributed by atoms with Gasteiger partial charge in [-0.15, -0.1) is 11.8 Å². The van der Waals surface area contributed by atoms with Crippen LogP contribution in [0.25, 0.3) is 0 Å². The third-order valence-electron chi connectivity index (χ3n) is 4.21. The predicted octanol–water partition coefficient (Wildman–Crippen LogP) is 2.59. The van der Waals surface area contributed by atoms with Crippen molar-refractivity contribution < 1.29 is 24.0 Å². The zero-order valence-corrected chi connectivity index (χ0v) is 16.5. The third kappa shape index (κ3) is 6.02. The van der Waals surface area contributed by atoms with E-state index in [-0.39, 0.29) is 24.6 Å². The second-order valence-corrected chi connectivity index (χ2v) is 7.14. The van der Waals surface area contributed by atoms with Crippen molar-refractivity contribution in [3.05, 3.63) is 46.8 Å². The molecule has 1 aromatic carbocycles. The van der Waals surface area contributed by atoms with Gasteiger partial charge in [0.15, 0.2) is 0 Å². The van der Waals surface area contributed by atoms with Crippen molar-refractivity contribution in [3.8, 4) is 5.75 Å². The van der Waals surface area contributed by atoms with Gasteiger partial charge < -0.3 is 19.7 Å². The number of methoxy groups -OCH3 is 1. The number of nitrogens with zero attached hydrogens (tertiary/aromatic N) is 1. The molecule has 146 valence electrons. The van der Waals surface area contributed by atoms with Gasteiger partial charge in [0, 0.05) is 17.9 Å². The molecule has 0 radical (unpaired) electrons. The number of carboxylic acid groups (broad SMARTS) is 1. The second kappa shape index (κ2) is 10.0. The molecule has 7 nitrogen and oxygen atoms in total. The fourth-order valence-electron chi connectivity index (χ4n) is 2.63. The molecular weight excluding hydrogens is 368 g/mol. The molecule has 0 aliphatic heterocycles. The molecule has 0 aliphatic carbocycles. The lowest BCUT2D eigenvalue weighted by Gasteiger charge is -2.15. The Morgan fingerprint density at radius 3 is 2.70 bits per heavy atom. The van der Waals surface area contributed by atoms with Crippen molar-refractivity contribution in [2.45, 2.75) is 26.0 Å². The highest BCUT2D eigenvalue weighted by Gasteiger charge is 2.20. The summed E-state index contributed by atoms with van der Waals surface area (Å²) < 4.78 is 10.4. The van der Waals surface area contributed by atoms with Crippen LogP contribution in [-0.4, -0.2) is 41.5 Å². The van der Waals surface area contributed by atoms with Crippen LogP contribution in [0.4, 0.5) is 0 Å². The first-order chi connectivity index (χ1) is 12.9. The molecule has 0 bridgehead atoms. The van der Waals surface area contributed by atoms with Crippen LogP contribution in [-0.2, 0) is 21.8 Å². The number of aliphatic carboxylic acids is 1. The number of aromatic nitrogens is 1. The highest BCUT2D eigenvalue weighted by Crippen LogP contribution is 2.21. The van der Waals surface area contributed by atoms with Gasteiger partial charge >= 0.3 is 5.97 Å². The Morgan fingerprint density at radius 2 is 2.07 bits per heavy atom. The Morgan fingerprint density at radius 1 is 1.33 bits per heavy atom. The Bertz CT molecular complexity index is 771. The lowest BCUT2D eigenvalue weighted by molar-refractivity contribution is -0.141. The van der Waals surface area contributed by atoms with Crippen LogP contribution in [0, 0.1) is 19.8 Å². The molecule has 1 aromatic heterocycles. The number of amides is 1. The zero-order chi connectivity index (χ0) is 19.8. The Labute approximate surface area is 162 Å². The summed E-state index contributed by atoms with van der Waals surface area (Å²) in [6, 6.07) is 7.28. The molecule has 2 N–H and O–H groups in total. The van der Waals surface area contributed by atoms with E-state index in [9.17, 15) is 14.7 Å². The lowest BCUT2D eigenvalue weighted by atomic mass is 9.98. The fraction of sp³-hybridized carbons (Fsp3) is 0.421. The van der Waals surface area contributed by atoms with Crippen LogP contribution in [0.5, 0.6) is 5.75 Å². The summed E-state index contributed by atoms with van der Waals surface area (Å²) in [5, 5.41) is 16.1. The largest absolute Gasteiger partial charge is 0.496 e. The minimum atomic E-state index is -0.954. The van der Waals surface area contributed by atoms with Crippen molar-refractivity contribution in [2.24, 2.45) is 5.92 Å². The highest BCUT2D eigenvalue weighted by atomic mass is 32.2. The van der Waals surface area contributed by atoms with Crippen molar-refractivity contribution in [2.75, 3.05) is 19.4 Å². The molecule has 1 amide bonds. The molecule has 8 heteroatoms. The topological polar surface area (TPSA) is 102 Å². The molecule has 27 heavy (non-hydrogen) atoms. The fourth-order valence-corrected chi connectivity index (χ4v) is 3.63. The minimum Gasteiger partial charge on any atom is -0.496 e. The standard InChI is InChI=1S/C19H24N2O5S/c1-12-16(13(2)26-21-12)10-27-11-18(22)20-9-15(19(23)24)8-14-6-4-5-7-17(14)25-3/h4-7,15H,8-11H2,1-3H3,(H,20,22)(H,23,24). The zero-order valence-electron chi connectivity index (χ0n) is 15.7. The summed E-state index contributed by atoms with van der Waals surface area (Å²) in [5.74, 6) is 0.386. The quantitative estimate of drug-likeness (QED) is 0.641. The van der Waals surface area contributed by atoms with Crippen LogP contribution in [0.3, 0.4) is 0 Å². The van der Waals surface area contributed by atoms with Gasteiger partial charge in [-0.2, -0.15) is 0 Å². The van der Waals surface area contributed by atoms with Crippen LogP contribution in [0.2, 0.25) is 0 Å². The molecule has 1 unspecified atom stereocenters. The van der Waals surface area contributed by atoms with Crippen molar-refractivity contribution in [3.63, 3.8) is 0 Å². The van der Waals surface area contributed by atoms with E-state index < -0.39 is 11.9 Å². The van der Waals surface area contributed by atoms with Crippen LogP contribution >= 0.6 is 11.8 Å². The van der Waals surface area contributed by atoms with Gasteiger partial charge in [-0.1, -0.05) is 23.4 Å².